The minimum atomic E-state index is -0.466. The maximum atomic E-state index is 11.9. The average Bonchev–Trinajstić information content (AvgIpc) is 2.40. The van der Waals surface area contributed by atoms with Gasteiger partial charge in [-0.3, -0.25) is 4.79 Å². The Labute approximate surface area is 107 Å². The number of nitrogens with one attached hydrogen (secondary N) is 1. The summed E-state index contributed by atoms with van der Waals surface area (Å²) in [7, 11) is 4.65. The van der Waals surface area contributed by atoms with Crippen LogP contribution in [0.5, 0.6) is 5.75 Å². The first kappa shape index (κ1) is 14.5. The summed E-state index contributed by atoms with van der Waals surface area (Å²) in [5.41, 5.74) is 0.564. The summed E-state index contributed by atoms with van der Waals surface area (Å²) in [6, 6.07) is 6.65. The zero-order valence-electron chi connectivity index (χ0n) is 11.1. The first-order valence-electron chi connectivity index (χ1n) is 5.63. The summed E-state index contributed by atoms with van der Waals surface area (Å²) >= 11 is 0. The molecule has 18 heavy (non-hydrogen) atoms. The smallest absolute Gasteiger partial charge is 0.251 e. The first-order chi connectivity index (χ1) is 8.62. The Bertz CT molecular complexity index is 373. The number of carbonyl (C=O) groups excluding carboxylic acids is 1. The highest BCUT2D eigenvalue weighted by atomic mass is 16.7. The molecule has 1 amide bonds. The Morgan fingerprint density at radius 2 is 1.67 bits per heavy atom. The van der Waals surface area contributed by atoms with Crippen LogP contribution in [0, 0.1) is 0 Å². The summed E-state index contributed by atoms with van der Waals surface area (Å²) in [5, 5.41) is 2.81. The van der Waals surface area contributed by atoms with Crippen LogP contribution in [-0.4, -0.2) is 39.6 Å². The summed E-state index contributed by atoms with van der Waals surface area (Å²) in [6.45, 7) is 1.82. The predicted octanol–water partition coefficient (Wildman–Crippen LogP) is 1.43. The van der Waals surface area contributed by atoms with Gasteiger partial charge in [-0.05, 0) is 31.2 Å². The maximum absolute atomic E-state index is 11.9. The summed E-state index contributed by atoms with van der Waals surface area (Å²) in [5.74, 6) is 0.538. The van der Waals surface area contributed by atoms with E-state index in [4.69, 9.17) is 14.2 Å². The molecule has 0 radical (unpaired) electrons. The lowest BCUT2D eigenvalue weighted by atomic mass is 10.2. The van der Waals surface area contributed by atoms with Crippen molar-refractivity contribution in [3.8, 4) is 5.75 Å². The SMILES string of the molecule is COc1ccc(C(=O)NC(C)C(OC)OC)cc1. The first-order valence-corrected chi connectivity index (χ1v) is 5.63. The minimum absolute atomic E-state index is 0.177. The number of ether oxygens (including phenoxy) is 3. The molecule has 1 N–H and O–H groups in total. The Morgan fingerprint density at radius 1 is 1.11 bits per heavy atom. The van der Waals surface area contributed by atoms with Gasteiger partial charge in [0, 0.05) is 19.8 Å². The van der Waals surface area contributed by atoms with Crippen molar-refractivity contribution in [2.24, 2.45) is 0 Å². The molecule has 0 bridgehead atoms. The molecule has 1 unspecified atom stereocenters. The number of methoxy groups -OCH3 is 3. The van der Waals surface area contributed by atoms with Gasteiger partial charge in [-0.2, -0.15) is 0 Å². The van der Waals surface area contributed by atoms with Gasteiger partial charge >= 0.3 is 0 Å². The average molecular weight is 253 g/mol. The second-order valence-corrected chi connectivity index (χ2v) is 3.83. The van der Waals surface area contributed by atoms with Crippen molar-refractivity contribution in [1.82, 2.24) is 5.32 Å². The lowest BCUT2D eigenvalue weighted by molar-refractivity contribution is -0.117. The molecule has 0 aliphatic carbocycles. The molecule has 1 aromatic carbocycles. The molecular weight excluding hydrogens is 234 g/mol. The fraction of sp³-hybridized carbons (Fsp3) is 0.462. The summed E-state index contributed by atoms with van der Waals surface area (Å²) in [4.78, 5) is 11.9. The molecule has 5 nitrogen and oxygen atoms in total. The van der Waals surface area contributed by atoms with Gasteiger partial charge in [0.1, 0.15) is 5.75 Å². The van der Waals surface area contributed by atoms with Crippen molar-refractivity contribution in [3.05, 3.63) is 29.8 Å². The third-order valence-electron chi connectivity index (χ3n) is 2.58. The largest absolute Gasteiger partial charge is 0.497 e. The minimum Gasteiger partial charge on any atom is -0.497 e. The zero-order valence-corrected chi connectivity index (χ0v) is 11.1. The van der Waals surface area contributed by atoms with E-state index in [0.717, 1.165) is 0 Å². The van der Waals surface area contributed by atoms with Crippen molar-refractivity contribution in [3.63, 3.8) is 0 Å². The van der Waals surface area contributed by atoms with Gasteiger partial charge in [0.2, 0.25) is 0 Å². The number of hydrogen-bond donors (Lipinski definition) is 1. The van der Waals surface area contributed by atoms with E-state index < -0.39 is 6.29 Å². The lowest BCUT2D eigenvalue weighted by Gasteiger charge is -2.22. The number of benzene rings is 1. The molecule has 1 atom stereocenters. The third-order valence-corrected chi connectivity index (χ3v) is 2.58. The quantitative estimate of drug-likeness (QED) is 0.779. The van der Waals surface area contributed by atoms with E-state index in [0.29, 0.717) is 11.3 Å². The Balaban J connectivity index is 2.64. The molecule has 0 aliphatic rings. The van der Waals surface area contributed by atoms with Crippen LogP contribution in [0.3, 0.4) is 0 Å². The Hall–Kier alpha value is -1.59. The van der Waals surface area contributed by atoms with E-state index in [9.17, 15) is 4.79 Å². The fourth-order valence-electron chi connectivity index (χ4n) is 1.61. The topological polar surface area (TPSA) is 56.8 Å². The van der Waals surface area contributed by atoms with Gasteiger partial charge in [0.25, 0.3) is 5.91 Å². The van der Waals surface area contributed by atoms with E-state index in [-0.39, 0.29) is 11.9 Å². The van der Waals surface area contributed by atoms with E-state index in [1.54, 1.807) is 31.4 Å². The highest BCUT2D eigenvalue weighted by Gasteiger charge is 2.18. The van der Waals surface area contributed by atoms with E-state index in [1.807, 2.05) is 6.92 Å². The van der Waals surface area contributed by atoms with Gasteiger partial charge in [-0.25, -0.2) is 0 Å². The molecule has 0 aliphatic heterocycles. The van der Waals surface area contributed by atoms with E-state index >= 15 is 0 Å². The van der Waals surface area contributed by atoms with E-state index in [1.165, 1.54) is 14.2 Å². The predicted molar refractivity (Wildman–Crippen MR) is 67.7 cm³/mol. The van der Waals surface area contributed by atoms with Crippen molar-refractivity contribution in [2.75, 3.05) is 21.3 Å². The second kappa shape index (κ2) is 6.98. The Morgan fingerprint density at radius 3 is 2.11 bits per heavy atom. The third kappa shape index (κ3) is 3.72. The van der Waals surface area contributed by atoms with Gasteiger partial charge in [0.05, 0.1) is 13.2 Å². The number of rotatable bonds is 6. The van der Waals surface area contributed by atoms with E-state index in [2.05, 4.69) is 5.32 Å². The van der Waals surface area contributed by atoms with Crippen LogP contribution >= 0.6 is 0 Å². The molecular formula is C13H19NO4. The van der Waals surface area contributed by atoms with Crippen molar-refractivity contribution in [2.45, 2.75) is 19.3 Å². The molecule has 0 saturated heterocycles. The molecule has 1 rings (SSSR count). The number of carbonyl (C=O) groups is 1. The van der Waals surface area contributed by atoms with Crippen LogP contribution in [0.25, 0.3) is 0 Å². The summed E-state index contributed by atoms with van der Waals surface area (Å²) in [6.07, 6.45) is -0.466. The zero-order chi connectivity index (χ0) is 13.5. The number of hydrogen-bond acceptors (Lipinski definition) is 4. The van der Waals surface area contributed by atoms with Gasteiger partial charge in [0.15, 0.2) is 6.29 Å². The Kier molecular flexibility index (Phi) is 5.61. The molecule has 100 valence electrons. The lowest BCUT2D eigenvalue weighted by Crippen LogP contribution is -2.42. The van der Waals surface area contributed by atoms with Crippen molar-refractivity contribution < 1.29 is 19.0 Å². The molecule has 0 spiro atoms. The van der Waals surface area contributed by atoms with Gasteiger partial charge in [-0.15, -0.1) is 0 Å². The number of amides is 1. The van der Waals surface area contributed by atoms with Gasteiger partial charge in [-0.1, -0.05) is 0 Å². The molecule has 0 saturated carbocycles. The van der Waals surface area contributed by atoms with Crippen LogP contribution in [0.2, 0.25) is 0 Å². The van der Waals surface area contributed by atoms with Crippen LogP contribution in [0.15, 0.2) is 24.3 Å². The normalized spacial score (nSPS) is 12.3. The van der Waals surface area contributed by atoms with Crippen LogP contribution in [0.1, 0.15) is 17.3 Å². The highest BCUT2D eigenvalue weighted by molar-refractivity contribution is 5.94. The van der Waals surface area contributed by atoms with Crippen LogP contribution in [-0.2, 0) is 9.47 Å². The highest BCUT2D eigenvalue weighted by Crippen LogP contribution is 2.11. The van der Waals surface area contributed by atoms with Gasteiger partial charge < -0.3 is 19.5 Å². The van der Waals surface area contributed by atoms with Crippen LogP contribution in [0.4, 0.5) is 0 Å². The maximum Gasteiger partial charge on any atom is 0.251 e. The second-order valence-electron chi connectivity index (χ2n) is 3.83. The van der Waals surface area contributed by atoms with Crippen LogP contribution < -0.4 is 10.1 Å². The molecule has 5 heteroatoms. The molecule has 0 aromatic heterocycles. The molecule has 1 aromatic rings. The monoisotopic (exact) mass is 253 g/mol. The fourth-order valence-corrected chi connectivity index (χ4v) is 1.61. The van der Waals surface area contributed by atoms with Crippen molar-refractivity contribution >= 4 is 5.91 Å². The standard InChI is InChI=1S/C13H19NO4/c1-9(13(17-3)18-4)14-12(15)10-5-7-11(16-2)8-6-10/h5-9,13H,1-4H3,(H,14,15). The summed E-state index contributed by atoms with van der Waals surface area (Å²) < 4.78 is 15.2. The molecule has 0 fully saturated rings. The molecule has 0 heterocycles. The van der Waals surface area contributed by atoms with Crippen molar-refractivity contribution in [1.29, 1.82) is 0 Å².